The van der Waals surface area contributed by atoms with Gasteiger partial charge in [0.2, 0.25) is 0 Å². The molecule has 0 aromatic heterocycles. The van der Waals surface area contributed by atoms with Crippen molar-refractivity contribution in [2.24, 2.45) is 5.41 Å². The van der Waals surface area contributed by atoms with E-state index in [-0.39, 0.29) is 0 Å². The van der Waals surface area contributed by atoms with Crippen LogP contribution in [0.5, 0.6) is 0 Å². The van der Waals surface area contributed by atoms with E-state index in [0.29, 0.717) is 13.2 Å². The summed E-state index contributed by atoms with van der Waals surface area (Å²) in [7, 11) is 0. The van der Waals surface area contributed by atoms with Crippen molar-refractivity contribution in [1.82, 2.24) is 0 Å². The molecule has 0 aliphatic rings. The first kappa shape index (κ1) is 32.3. The molecule has 7 nitrogen and oxygen atoms in total. The summed E-state index contributed by atoms with van der Waals surface area (Å²) in [4.78, 5) is 11.3. The second-order valence-electron chi connectivity index (χ2n) is 8.32. The third-order valence-electron chi connectivity index (χ3n) is 5.28. The number of unbranched alkanes of at least 4 members (excludes halogenated alkanes) is 12. The van der Waals surface area contributed by atoms with Gasteiger partial charge < -0.3 is 29.9 Å². The van der Waals surface area contributed by atoms with E-state index >= 15 is 0 Å². The number of carbonyl (C=O) groups excluding carboxylic acids is 1. The van der Waals surface area contributed by atoms with Crippen LogP contribution in [-0.2, 0) is 9.47 Å². The lowest BCUT2D eigenvalue weighted by Crippen LogP contribution is -2.37. The van der Waals surface area contributed by atoms with Gasteiger partial charge >= 0.3 is 6.16 Å². The van der Waals surface area contributed by atoms with Gasteiger partial charge in [-0.05, 0) is 12.8 Å². The Hall–Kier alpha value is -0.890. The van der Waals surface area contributed by atoms with Crippen molar-refractivity contribution in [1.29, 1.82) is 0 Å². The first-order chi connectivity index (χ1) is 15.1. The maximum atomic E-state index is 11.3. The summed E-state index contributed by atoms with van der Waals surface area (Å²) in [5.74, 6) is 0. The third kappa shape index (κ3) is 22.1. The van der Waals surface area contributed by atoms with Crippen LogP contribution in [0.3, 0.4) is 0 Å². The van der Waals surface area contributed by atoms with E-state index < -0.39 is 38.0 Å². The van der Waals surface area contributed by atoms with Gasteiger partial charge in [0.15, 0.2) is 0 Å². The van der Waals surface area contributed by atoms with Crippen LogP contribution < -0.4 is 0 Å². The Morgan fingerprint density at radius 1 is 0.548 bits per heavy atom. The molecule has 188 valence electrons. The van der Waals surface area contributed by atoms with Gasteiger partial charge in [-0.25, -0.2) is 4.79 Å². The predicted molar refractivity (Wildman–Crippen MR) is 124 cm³/mol. The number of ether oxygens (including phenoxy) is 2. The van der Waals surface area contributed by atoms with Gasteiger partial charge in [0, 0.05) is 0 Å². The number of carbonyl (C=O) groups is 1. The maximum absolute atomic E-state index is 11.3. The fourth-order valence-corrected chi connectivity index (χ4v) is 2.77. The quantitative estimate of drug-likeness (QED) is 0.158. The summed E-state index contributed by atoms with van der Waals surface area (Å²) in [6, 6.07) is 0. The minimum atomic E-state index is -1.11. The maximum Gasteiger partial charge on any atom is 0.508 e. The van der Waals surface area contributed by atoms with Gasteiger partial charge in [-0.15, -0.1) is 0 Å². The highest BCUT2D eigenvalue weighted by Crippen LogP contribution is 2.12. The number of hydrogen-bond acceptors (Lipinski definition) is 7. The van der Waals surface area contributed by atoms with Crippen molar-refractivity contribution < 1.29 is 34.7 Å². The molecule has 0 unspecified atom stereocenters. The monoisotopic (exact) mass is 450 g/mol. The number of aliphatic hydroxyl groups is 4. The van der Waals surface area contributed by atoms with Crippen molar-refractivity contribution in [3.05, 3.63) is 0 Å². The van der Waals surface area contributed by atoms with Crippen molar-refractivity contribution >= 4 is 6.16 Å². The molecule has 0 fully saturated rings. The van der Waals surface area contributed by atoms with Crippen LogP contribution in [0.25, 0.3) is 0 Å². The molecule has 0 amide bonds. The highest BCUT2D eigenvalue weighted by molar-refractivity contribution is 5.59. The Balaban J connectivity index is 0. The van der Waals surface area contributed by atoms with E-state index in [1.54, 1.807) is 0 Å². The van der Waals surface area contributed by atoms with Gasteiger partial charge in [-0.1, -0.05) is 90.9 Å². The summed E-state index contributed by atoms with van der Waals surface area (Å²) < 4.78 is 10.1. The largest absolute Gasteiger partial charge is 0.508 e. The van der Waals surface area contributed by atoms with E-state index in [2.05, 4.69) is 13.8 Å². The van der Waals surface area contributed by atoms with Crippen molar-refractivity contribution in [2.75, 3.05) is 39.6 Å². The van der Waals surface area contributed by atoms with Crippen LogP contribution >= 0.6 is 0 Å². The molecule has 0 aromatic rings. The van der Waals surface area contributed by atoms with Crippen molar-refractivity contribution in [3.8, 4) is 0 Å². The van der Waals surface area contributed by atoms with E-state index in [4.69, 9.17) is 29.9 Å². The second kappa shape index (κ2) is 25.4. The summed E-state index contributed by atoms with van der Waals surface area (Å²) in [6.07, 6.45) is 16.9. The molecule has 4 N–H and O–H groups in total. The first-order valence-electron chi connectivity index (χ1n) is 12.3. The highest BCUT2D eigenvalue weighted by Gasteiger charge is 2.26. The molecule has 31 heavy (non-hydrogen) atoms. The molecule has 0 bridgehead atoms. The minimum Gasteiger partial charge on any atom is -0.434 e. The lowest BCUT2D eigenvalue weighted by molar-refractivity contribution is -0.0328. The van der Waals surface area contributed by atoms with Crippen LogP contribution in [0, 0.1) is 5.41 Å². The molecule has 7 heteroatoms. The highest BCUT2D eigenvalue weighted by atomic mass is 16.7. The van der Waals surface area contributed by atoms with E-state index in [9.17, 15) is 4.79 Å². The summed E-state index contributed by atoms with van der Waals surface area (Å²) in [6.45, 7) is 3.80. The van der Waals surface area contributed by atoms with Gasteiger partial charge in [0.05, 0.1) is 45.1 Å². The first-order valence-corrected chi connectivity index (χ1v) is 12.3. The van der Waals surface area contributed by atoms with Crippen LogP contribution in [0.1, 0.15) is 104 Å². The fourth-order valence-electron chi connectivity index (χ4n) is 2.77. The molecule has 0 spiro atoms. The Bertz CT molecular complexity index is 342. The molecule has 0 aromatic carbocycles. The standard InChI is InChI=1S/C19H38O3.C5H12O4/c1-3-5-7-9-10-11-12-13-14-16-18-22-19(20)21-17-15-8-6-4-2;6-1-5(2-7,3-8)4-9/h3-18H2,1-2H3;6-9H,1-4H2. The lowest BCUT2D eigenvalue weighted by atomic mass is 9.93. The van der Waals surface area contributed by atoms with Crippen LogP contribution in [0.2, 0.25) is 0 Å². The smallest absolute Gasteiger partial charge is 0.434 e. The van der Waals surface area contributed by atoms with Crippen LogP contribution in [0.4, 0.5) is 4.79 Å². The Morgan fingerprint density at radius 3 is 1.13 bits per heavy atom. The second-order valence-corrected chi connectivity index (χ2v) is 8.32. The normalized spacial score (nSPS) is 11.0. The third-order valence-corrected chi connectivity index (χ3v) is 5.28. The van der Waals surface area contributed by atoms with E-state index in [1.807, 2.05) is 0 Å². The van der Waals surface area contributed by atoms with Crippen LogP contribution in [0.15, 0.2) is 0 Å². The molecule has 0 heterocycles. The molecular weight excluding hydrogens is 400 g/mol. The van der Waals surface area contributed by atoms with Gasteiger partial charge in [-0.3, -0.25) is 0 Å². The topological polar surface area (TPSA) is 116 Å². The number of hydrogen-bond donors (Lipinski definition) is 4. The van der Waals surface area contributed by atoms with Gasteiger partial charge in [-0.2, -0.15) is 0 Å². The Labute approximate surface area is 190 Å². The summed E-state index contributed by atoms with van der Waals surface area (Å²) in [5.41, 5.74) is -1.11. The Morgan fingerprint density at radius 2 is 0.839 bits per heavy atom. The average molecular weight is 451 g/mol. The SMILES string of the molecule is CCCCCCCCCCCCOC(=O)OCCCCCC.OCC(CO)(CO)CO. The molecule has 0 saturated carbocycles. The van der Waals surface area contributed by atoms with Crippen LogP contribution in [-0.4, -0.2) is 66.2 Å². The zero-order valence-corrected chi connectivity index (χ0v) is 20.2. The molecule has 0 rings (SSSR count). The van der Waals surface area contributed by atoms with E-state index in [0.717, 1.165) is 25.7 Å². The molecule has 0 aliphatic heterocycles. The molecule has 0 saturated heterocycles. The van der Waals surface area contributed by atoms with Crippen molar-refractivity contribution in [2.45, 2.75) is 104 Å². The van der Waals surface area contributed by atoms with Crippen molar-refractivity contribution in [3.63, 3.8) is 0 Å². The number of rotatable bonds is 20. The molecular formula is C24H50O7. The summed E-state index contributed by atoms with van der Waals surface area (Å²) in [5, 5.41) is 34.0. The molecule has 0 radical (unpaired) electrons. The predicted octanol–water partition coefficient (Wildman–Crippen LogP) is 4.58. The minimum absolute atomic E-state index is 0.406. The molecule has 0 aliphatic carbocycles. The van der Waals surface area contributed by atoms with Gasteiger partial charge in [0.1, 0.15) is 0 Å². The lowest BCUT2D eigenvalue weighted by Gasteiger charge is -2.23. The average Bonchev–Trinajstić information content (AvgIpc) is 2.80. The number of aliphatic hydroxyl groups excluding tert-OH is 4. The Kier molecular flexibility index (Phi) is 26.4. The van der Waals surface area contributed by atoms with E-state index in [1.165, 1.54) is 64.2 Å². The fraction of sp³-hybridized carbons (Fsp3) is 0.958. The summed E-state index contributed by atoms with van der Waals surface area (Å²) >= 11 is 0. The molecule has 0 atom stereocenters. The van der Waals surface area contributed by atoms with Gasteiger partial charge in [0.25, 0.3) is 0 Å². The zero-order valence-electron chi connectivity index (χ0n) is 20.2. The zero-order chi connectivity index (χ0) is 23.6.